The Kier molecular flexibility index (Phi) is 12.0. The van der Waals surface area contributed by atoms with Crippen LogP contribution < -0.4 is 30.9 Å². The summed E-state index contributed by atoms with van der Waals surface area (Å²) in [7, 11) is -1.68. The molecule has 0 saturated heterocycles. The first kappa shape index (κ1) is 34.4. The Hall–Kier alpha value is -3.48. The van der Waals surface area contributed by atoms with Crippen LogP contribution in [0, 0.1) is 0 Å². The minimum absolute atomic E-state index is 0. The highest BCUT2D eigenvalue weighted by Gasteiger charge is 2.45. The largest absolute Gasteiger partial charge is 0.493 e. The Labute approximate surface area is 278 Å². The van der Waals surface area contributed by atoms with Gasteiger partial charge in [-0.15, -0.1) is 17.0 Å². The highest BCUT2D eigenvalue weighted by atomic mass is 79.9. The normalized spacial score (nSPS) is 11.5. The molecule has 0 aliphatic heterocycles. The predicted molar refractivity (Wildman–Crippen MR) is 197 cm³/mol. The van der Waals surface area contributed by atoms with Crippen molar-refractivity contribution in [3.63, 3.8) is 0 Å². The standard InChI is InChI=1S/C37H41NO4PSi.BrH/c1-40-36-27-31(20-21-35(36)42-29-41-24-25-44(2,3)4)38-23-22-30(26-37(38)39)28-43(32-14-8-5-9-15-32,33-16-10-6-11-17-33)34-18-12-7-13-19-34;/h5-23,26-27H,24-25,28-29H2,1-4H3;1H/q+1;. The lowest BCUT2D eigenvalue weighted by atomic mass is 10.2. The van der Waals surface area contributed by atoms with E-state index in [9.17, 15) is 4.79 Å². The van der Waals surface area contributed by atoms with Gasteiger partial charge in [0, 0.05) is 33.0 Å². The Morgan fingerprint density at radius 2 is 1.27 bits per heavy atom. The van der Waals surface area contributed by atoms with Crippen molar-refractivity contribution in [3.8, 4) is 17.2 Å². The fourth-order valence-electron chi connectivity index (χ4n) is 5.34. The van der Waals surface area contributed by atoms with Crippen molar-refractivity contribution >= 4 is 48.2 Å². The number of hydrogen-bond acceptors (Lipinski definition) is 4. The molecule has 0 unspecified atom stereocenters. The van der Waals surface area contributed by atoms with Gasteiger partial charge in [0.25, 0.3) is 5.56 Å². The van der Waals surface area contributed by atoms with Gasteiger partial charge in [-0.05, 0) is 66.2 Å². The van der Waals surface area contributed by atoms with E-state index in [0.29, 0.717) is 23.8 Å². The highest BCUT2D eigenvalue weighted by Crippen LogP contribution is 2.58. The number of methoxy groups -OCH3 is 1. The number of rotatable bonds is 13. The summed E-state index contributed by atoms with van der Waals surface area (Å²) < 4.78 is 18.8. The van der Waals surface area contributed by atoms with Crippen LogP contribution in [0.1, 0.15) is 5.56 Å². The van der Waals surface area contributed by atoms with E-state index in [1.54, 1.807) is 17.7 Å². The van der Waals surface area contributed by atoms with Crippen LogP contribution in [0.3, 0.4) is 0 Å². The Morgan fingerprint density at radius 1 is 0.711 bits per heavy atom. The van der Waals surface area contributed by atoms with Gasteiger partial charge in [0.15, 0.2) is 18.3 Å². The first-order valence-corrected chi connectivity index (χ1v) is 20.6. The number of ether oxygens (including phenoxy) is 3. The lowest BCUT2D eigenvalue weighted by Gasteiger charge is -2.27. The summed E-state index contributed by atoms with van der Waals surface area (Å²) in [5.41, 5.74) is 1.61. The number of hydrogen-bond donors (Lipinski definition) is 0. The number of pyridine rings is 1. The quantitative estimate of drug-likeness (QED) is 0.0549. The first-order valence-electron chi connectivity index (χ1n) is 15.0. The molecule has 0 N–H and O–H groups in total. The molecule has 45 heavy (non-hydrogen) atoms. The molecule has 0 bridgehead atoms. The molecule has 0 saturated carbocycles. The van der Waals surface area contributed by atoms with Gasteiger partial charge < -0.3 is 14.2 Å². The number of nitrogens with zero attached hydrogens (tertiary/aromatic N) is 1. The molecule has 0 atom stereocenters. The SMILES string of the molecule is Br.COc1cc(-n2ccc(C[P+](c3ccccc3)(c3ccccc3)c3ccccc3)cc2=O)ccc1OCOCC[Si](C)(C)C. The molecule has 8 heteroatoms. The average Bonchev–Trinajstić information content (AvgIpc) is 3.04. The van der Waals surface area contributed by atoms with E-state index >= 15 is 0 Å². The summed E-state index contributed by atoms with van der Waals surface area (Å²) in [4.78, 5) is 13.6. The predicted octanol–water partition coefficient (Wildman–Crippen LogP) is 7.61. The second kappa shape index (κ2) is 15.7. The van der Waals surface area contributed by atoms with Gasteiger partial charge in [0.1, 0.15) is 23.2 Å². The molecule has 5 aromatic rings. The van der Waals surface area contributed by atoms with Gasteiger partial charge in [-0.3, -0.25) is 9.36 Å². The van der Waals surface area contributed by atoms with E-state index in [0.717, 1.165) is 17.8 Å². The Bertz CT molecular complexity index is 1610. The number of aromatic nitrogens is 1. The molecule has 0 aliphatic carbocycles. The van der Waals surface area contributed by atoms with E-state index in [1.807, 2.05) is 24.4 Å². The first-order chi connectivity index (χ1) is 21.3. The van der Waals surface area contributed by atoms with Crippen molar-refractivity contribution in [2.24, 2.45) is 0 Å². The molecule has 0 radical (unpaired) electrons. The fraction of sp³-hybridized carbons (Fsp3) is 0.216. The molecular formula is C37H42BrNO4PSi+. The highest BCUT2D eigenvalue weighted by molar-refractivity contribution is 8.93. The van der Waals surface area contributed by atoms with Crippen molar-refractivity contribution < 1.29 is 14.2 Å². The molecule has 4 aromatic carbocycles. The zero-order chi connectivity index (χ0) is 31.0. The summed E-state index contributed by atoms with van der Waals surface area (Å²) in [6, 6.07) is 42.6. The third-order valence-electron chi connectivity index (χ3n) is 7.71. The molecular weight excluding hydrogens is 661 g/mol. The monoisotopic (exact) mass is 702 g/mol. The topological polar surface area (TPSA) is 49.7 Å². The van der Waals surface area contributed by atoms with Crippen LogP contribution in [0.4, 0.5) is 0 Å². The average molecular weight is 704 g/mol. The van der Waals surface area contributed by atoms with Crippen LogP contribution in [-0.4, -0.2) is 33.2 Å². The van der Waals surface area contributed by atoms with Crippen LogP contribution >= 0.6 is 24.2 Å². The van der Waals surface area contributed by atoms with Crippen molar-refractivity contribution in [1.82, 2.24) is 4.57 Å². The van der Waals surface area contributed by atoms with Gasteiger partial charge in [-0.25, -0.2) is 0 Å². The molecule has 234 valence electrons. The van der Waals surface area contributed by atoms with E-state index in [2.05, 4.69) is 117 Å². The van der Waals surface area contributed by atoms with Crippen molar-refractivity contribution in [2.75, 3.05) is 20.5 Å². The Balaban J connectivity index is 0.00000461. The Morgan fingerprint density at radius 3 is 1.76 bits per heavy atom. The zero-order valence-electron chi connectivity index (χ0n) is 26.4. The summed E-state index contributed by atoms with van der Waals surface area (Å²) in [6.07, 6.45) is 2.59. The van der Waals surface area contributed by atoms with E-state index in [1.165, 1.54) is 15.9 Å². The van der Waals surface area contributed by atoms with Crippen LogP contribution in [-0.2, 0) is 10.9 Å². The van der Waals surface area contributed by atoms with E-state index < -0.39 is 15.3 Å². The summed E-state index contributed by atoms with van der Waals surface area (Å²) in [6.45, 7) is 7.80. The third kappa shape index (κ3) is 8.41. The van der Waals surface area contributed by atoms with Crippen molar-refractivity contribution in [2.45, 2.75) is 31.8 Å². The van der Waals surface area contributed by atoms with Gasteiger partial charge in [-0.2, -0.15) is 0 Å². The maximum absolute atomic E-state index is 13.6. The molecule has 0 fully saturated rings. The molecule has 0 spiro atoms. The second-order valence-corrected chi connectivity index (χ2v) is 21.1. The summed E-state index contributed by atoms with van der Waals surface area (Å²) >= 11 is 0. The van der Waals surface area contributed by atoms with Gasteiger partial charge in [-0.1, -0.05) is 74.2 Å². The van der Waals surface area contributed by atoms with E-state index in [-0.39, 0.29) is 29.3 Å². The fourth-order valence-corrected chi connectivity index (χ4v) is 10.3. The minimum Gasteiger partial charge on any atom is -0.493 e. The number of benzene rings is 4. The number of halogens is 1. The lowest BCUT2D eigenvalue weighted by molar-refractivity contribution is 0.0205. The van der Waals surface area contributed by atoms with Crippen molar-refractivity contribution in [3.05, 3.63) is 143 Å². The molecule has 5 rings (SSSR count). The minimum atomic E-state index is -2.12. The summed E-state index contributed by atoms with van der Waals surface area (Å²) in [5, 5.41) is 3.85. The second-order valence-electron chi connectivity index (χ2n) is 12.0. The smallest absolute Gasteiger partial charge is 0.255 e. The van der Waals surface area contributed by atoms with Crippen LogP contribution in [0.2, 0.25) is 25.7 Å². The summed E-state index contributed by atoms with van der Waals surface area (Å²) in [5.74, 6) is 1.13. The molecule has 0 aliphatic rings. The molecule has 0 amide bonds. The maximum atomic E-state index is 13.6. The van der Waals surface area contributed by atoms with Gasteiger partial charge >= 0.3 is 0 Å². The zero-order valence-corrected chi connectivity index (χ0v) is 30.0. The third-order valence-corrected chi connectivity index (χ3v) is 13.8. The van der Waals surface area contributed by atoms with E-state index in [4.69, 9.17) is 14.2 Å². The van der Waals surface area contributed by atoms with Gasteiger partial charge in [0.05, 0.1) is 19.0 Å². The molecule has 1 aromatic heterocycles. The van der Waals surface area contributed by atoms with Crippen molar-refractivity contribution in [1.29, 1.82) is 0 Å². The molecule has 1 heterocycles. The van der Waals surface area contributed by atoms with Crippen LogP contribution in [0.5, 0.6) is 11.5 Å². The maximum Gasteiger partial charge on any atom is 0.255 e. The van der Waals surface area contributed by atoms with Crippen LogP contribution in [0.25, 0.3) is 5.69 Å². The lowest BCUT2D eigenvalue weighted by Crippen LogP contribution is -2.32. The molecule has 5 nitrogen and oxygen atoms in total. The van der Waals surface area contributed by atoms with Crippen LogP contribution in [0.15, 0.2) is 132 Å². The van der Waals surface area contributed by atoms with Gasteiger partial charge in [0.2, 0.25) is 0 Å².